The van der Waals surface area contributed by atoms with Crippen LogP contribution in [0.1, 0.15) is 20.8 Å². The fraction of sp³-hybridized carbons (Fsp3) is 0.333. The number of amides is 2. The maximum Gasteiger partial charge on any atom is 0.244 e. The number of hydrogen-bond donors (Lipinski definition) is 2. The van der Waals surface area contributed by atoms with Gasteiger partial charge in [-0.05, 0) is 39.6 Å². The highest BCUT2D eigenvalue weighted by atomic mass is 79.9. The summed E-state index contributed by atoms with van der Waals surface area (Å²) in [5, 5.41) is 5.25. The van der Waals surface area contributed by atoms with E-state index in [4.69, 9.17) is 0 Å². The minimum Gasteiger partial charge on any atom is -0.343 e. The molecule has 20 heavy (non-hydrogen) atoms. The van der Waals surface area contributed by atoms with Crippen LogP contribution in [0.5, 0.6) is 0 Å². The number of allylic oxidation sites excluding steroid dienone is 1. The third kappa shape index (κ3) is 6.52. The Bertz CT molecular complexity index is 519. The molecular weight excluding hydrogens is 320 g/mol. The number of carbonyl (C=O) groups excluding carboxylic acids is 2. The van der Waals surface area contributed by atoms with Gasteiger partial charge in [-0.15, -0.1) is 0 Å². The molecule has 0 fully saturated rings. The lowest BCUT2D eigenvalue weighted by molar-refractivity contribution is -0.121. The first-order valence-corrected chi connectivity index (χ1v) is 7.09. The lowest BCUT2D eigenvalue weighted by Crippen LogP contribution is -2.32. The van der Waals surface area contributed by atoms with Gasteiger partial charge < -0.3 is 10.6 Å². The van der Waals surface area contributed by atoms with Crippen molar-refractivity contribution >= 4 is 33.4 Å². The molecule has 2 N–H and O–H groups in total. The van der Waals surface area contributed by atoms with E-state index < -0.39 is 0 Å². The summed E-state index contributed by atoms with van der Waals surface area (Å²) in [5.41, 5.74) is 0.617. The second-order valence-corrected chi connectivity index (χ2v) is 6.30. The van der Waals surface area contributed by atoms with Gasteiger partial charge in [0.15, 0.2) is 0 Å². The summed E-state index contributed by atoms with van der Waals surface area (Å²) >= 11 is 3.34. The van der Waals surface area contributed by atoms with Crippen molar-refractivity contribution < 1.29 is 9.59 Å². The maximum atomic E-state index is 11.7. The van der Waals surface area contributed by atoms with Gasteiger partial charge in [0.2, 0.25) is 11.8 Å². The van der Waals surface area contributed by atoms with Gasteiger partial charge in [0.05, 0.1) is 12.2 Å². The zero-order chi connectivity index (χ0) is 15.2. The Morgan fingerprint density at radius 1 is 1.25 bits per heavy atom. The van der Waals surface area contributed by atoms with Gasteiger partial charge >= 0.3 is 0 Å². The number of para-hydroxylation sites is 1. The fourth-order valence-electron chi connectivity index (χ4n) is 1.31. The van der Waals surface area contributed by atoms with Crippen LogP contribution in [0, 0.1) is 5.41 Å². The first-order chi connectivity index (χ1) is 9.28. The molecule has 0 aliphatic heterocycles. The highest BCUT2D eigenvalue weighted by Crippen LogP contribution is 2.20. The Morgan fingerprint density at radius 3 is 2.50 bits per heavy atom. The average Bonchev–Trinajstić information content (AvgIpc) is 2.36. The van der Waals surface area contributed by atoms with Crippen LogP contribution in [0.3, 0.4) is 0 Å². The Kier molecular flexibility index (Phi) is 5.95. The van der Waals surface area contributed by atoms with Crippen molar-refractivity contribution in [3.8, 4) is 0 Å². The van der Waals surface area contributed by atoms with Crippen LogP contribution < -0.4 is 10.6 Å². The van der Waals surface area contributed by atoms with Crippen molar-refractivity contribution in [1.82, 2.24) is 5.32 Å². The Balaban J connectivity index is 2.43. The second kappa shape index (κ2) is 7.24. The summed E-state index contributed by atoms with van der Waals surface area (Å²) in [6.07, 6.45) is 3.25. The molecule has 5 heteroatoms. The number of hydrogen-bond acceptors (Lipinski definition) is 2. The lowest BCUT2D eigenvalue weighted by Gasteiger charge is -2.11. The average molecular weight is 339 g/mol. The van der Waals surface area contributed by atoms with Crippen molar-refractivity contribution in [1.29, 1.82) is 0 Å². The second-order valence-electron chi connectivity index (χ2n) is 5.45. The molecule has 0 aliphatic carbocycles. The molecule has 0 saturated carbocycles. The predicted molar refractivity (Wildman–Crippen MR) is 84.4 cm³/mol. The van der Waals surface area contributed by atoms with Gasteiger partial charge in [-0.25, -0.2) is 0 Å². The van der Waals surface area contributed by atoms with Crippen LogP contribution in [-0.2, 0) is 9.59 Å². The van der Waals surface area contributed by atoms with Crippen molar-refractivity contribution in [3.63, 3.8) is 0 Å². The number of anilines is 1. The smallest absolute Gasteiger partial charge is 0.244 e. The number of nitrogens with one attached hydrogen (secondary N) is 2. The van der Waals surface area contributed by atoms with E-state index >= 15 is 0 Å². The fourth-order valence-corrected chi connectivity index (χ4v) is 1.69. The molecule has 2 amide bonds. The summed E-state index contributed by atoms with van der Waals surface area (Å²) in [6.45, 7) is 5.93. The van der Waals surface area contributed by atoms with Crippen LogP contribution in [0.4, 0.5) is 5.69 Å². The zero-order valence-corrected chi connectivity index (χ0v) is 13.5. The molecule has 0 heterocycles. The largest absolute Gasteiger partial charge is 0.343 e. The van der Waals surface area contributed by atoms with E-state index in [1.807, 2.05) is 39.0 Å². The molecule has 1 aromatic rings. The highest BCUT2D eigenvalue weighted by Gasteiger charge is 2.08. The molecule has 0 aromatic heterocycles. The third-order valence-electron chi connectivity index (χ3n) is 2.31. The minimum atomic E-state index is -0.276. The van der Waals surface area contributed by atoms with Gasteiger partial charge in [0.1, 0.15) is 0 Å². The molecule has 0 spiro atoms. The van der Waals surface area contributed by atoms with Crippen LogP contribution in [0.25, 0.3) is 0 Å². The zero-order valence-electron chi connectivity index (χ0n) is 11.9. The number of rotatable bonds is 4. The summed E-state index contributed by atoms with van der Waals surface area (Å²) in [7, 11) is 0. The van der Waals surface area contributed by atoms with Gasteiger partial charge in [-0.3, -0.25) is 9.59 Å². The van der Waals surface area contributed by atoms with Crippen molar-refractivity contribution in [2.45, 2.75) is 20.8 Å². The molecule has 0 unspecified atom stereocenters. The van der Waals surface area contributed by atoms with Gasteiger partial charge in [-0.2, -0.15) is 0 Å². The van der Waals surface area contributed by atoms with Crippen LogP contribution in [0.2, 0.25) is 0 Å². The van der Waals surface area contributed by atoms with Gasteiger partial charge in [0, 0.05) is 4.47 Å². The third-order valence-corrected chi connectivity index (χ3v) is 3.00. The molecule has 0 bridgehead atoms. The maximum absolute atomic E-state index is 11.7. The number of benzene rings is 1. The van der Waals surface area contributed by atoms with E-state index in [-0.39, 0.29) is 23.8 Å². The monoisotopic (exact) mass is 338 g/mol. The van der Waals surface area contributed by atoms with Crippen LogP contribution >= 0.6 is 15.9 Å². The van der Waals surface area contributed by atoms with Crippen LogP contribution in [-0.4, -0.2) is 18.4 Å². The minimum absolute atomic E-state index is 0.0609. The molecule has 1 aromatic carbocycles. The molecule has 0 radical (unpaired) electrons. The Labute approximate surface area is 127 Å². The predicted octanol–water partition coefficient (Wildman–Crippen LogP) is 3.11. The highest BCUT2D eigenvalue weighted by molar-refractivity contribution is 9.10. The van der Waals surface area contributed by atoms with E-state index in [1.165, 1.54) is 6.08 Å². The summed E-state index contributed by atoms with van der Waals surface area (Å²) in [4.78, 5) is 23.2. The topological polar surface area (TPSA) is 58.2 Å². The molecular formula is C15H19BrN2O2. The SMILES string of the molecule is CC(C)(C)C=CC(=O)NCC(=O)Nc1ccccc1Br. The van der Waals surface area contributed by atoms with E-state index in [2.05, 4.69) is 26.6 Å². The standard InChI is InChI=1S/C15H19BrN2O2/c1-15(2,3)9-8-13(19)17-10-14(20)18-12-7-5-4-6-11(12)16/h4-9H,10H2,1-3H3,(H,17,19)(H,18,20). The van der Waals surface area contributed by atoms with Crippen LogP contribution in [0.15, 0.2) is 40.9 Å². The summed E-state index contributed by atoms with van der Waals surface area (Å²) in [6, 6.07) is 7.30. The molecule has 1 rings (SSSR count). The molecule has 4 nitrogen and oxygen atoms in total. The van der Waals surface area contributed by atoms with E-state index in [0.717, 1.165) is 4.47 Å². The first kappa shape index (κ1) is 16.4. The molecule has 0 atom stereocenters. The van der Waals surface area contributed by atoms with Gasteiger partial charge in [-0.1, -0.05) is 39.0 Å². The van der Waals surface area contributed by atoms with E-state index in [9.17, 15) is 9.59 Å². The van der Waals surface area contributed by atoms with E-state index in [1.54, 1.807) is 12.1 Å². The van der Waals surface area contributed by atoms with Crippen molar-refractivity contribution in [2.24, 2.45) is 5.41 Å². The Hall–Kier alpha value is -1.62. The number of carbonyl (C=O) groups is 2. The Morgan fingerprint density at radius 2 is 1.90 bits per heavy atom. The molecule has 0 saturated heterocycles. The lowest BCUT2D eigenvalue weighted by atomic mass is 9.96. The first-order valence-electron chi connectivity index (χ1n) is 6.29. The van der Waals surface area contributed by atoms with Crippen molar-refractivity contribution in [3.05, 3.63) is 40.9 Å². The van der Waals surface area contributed by atoms with Gasteiger partial charge in [0.25, 0.3) is 0 Å². The van der Waals surface area contributed by atoms with Crippen molar-refractivity contribution in [2.75, 3.05) is 11.9 Å². The van der Waals surface area contributed by atoms with E-state index in [0.29, 0.717) is 5.69 Å². The number of halogens is 1. The normalized spacial score (nSPS) is 11.4. The summed E-state index contributed by atoms with van der Waals surface area (Å²) < 4.78 is 0.798. The summed E-state index contributed by atoms with van der Waals surface area (Å²) in [5.74, 6) is -0.545. The molecule has 0 aliphatic rings. The quantitative estimate of drug-likeness (QED) is 0.828. The molecule has 108 valence electrons.